The highest BCUT2D eigenvalue weighted by atomic mass is 79.9. The summed E-state index contributed by atoms with van der Waals surface area (Å²) in [5, 5.41) is 9.17. The molecule has 0 saturated carbocycles. The number of hydrogen-bond donors (Lipinski definition) is 2. The van der Waals surface area contributed by atoms with E-state index in [-0.39, 0.29) is 6.54 Å². The Labute approximate surface area is 114 Å². The first-order valence-electron chi connectivity index (χ1n) is 5.33. The van der Waals surface area contributed by atoms with Gasteiger partial charge in [-0.15, -0.1) is 0 Å². The fraction of sp³-hybridized carbons (Fsp3) is 0.417. The zero-order valence-electron chi connectivity index (χ0n) is 10.3. The average molecular weight is 318 g/mol. The van der Waals surface area contributed by atoms with Crippen LogP contribution in [0.4, 0.5) is 0 Å². The molecule has 0 amide bonds. The van der Waals surface area contributed by atoms with Gasteiger partial charge in [0.15, 0.2) is 0 Å². The first-order chi connectivity index (χ1) is 8.54. The second-order valence-electron chi connectivity index (χ2n) is 3.75. The van der Waals surface area contributed by atoms with E-state index in [4.69, 9.17) is 20.3 Å². The Kier molecular flexibility index (Phi) is 5.58. The maximum atomic E-state index is 11.2. The summed E-state index contributed by atoms with van der Waals surface area (Å²) in [4.78, 5) is 11.2. The van der Waals surface area contributed by atoms with Crippen molar-refractivity contribution in [3.63, 3.8) is 0 Å². The number of carboxylic acid groups (broad SMARTS) is 1. The van der Waals surface area contributed by atoms with Gasteiger partial charge in [-0.3, -0.25) is 4.79 Å². The number of rotatable bonds is 6. The Balaban J connectivity index is 3.31. The highest BCUT2D eigenvalue weighted by Crippen LogP contribution is 2.32. The van der Waals surface area contributed by atoms with Crippen molar-refractivity contribution < 1.29 is 19.4 Å². The first kappa shape index (κ1) is 14.9. The molecular formula is C12H16BrNO4. The lowest BCUT2D eigenvalue weighted by atomic mass is 9.94. The maximum Gasteiger partial charge on any atom is 0.312 e. The lowest BCUT2D eigenvalue weighted by Gasteiger charge is -2.17. The largest absolute Gasteiger partial charge is 0.496 e. The van der Waals surface area contributed by atoms with Crippen LogP contribution in [0, 0.1) is 0 Å². The van der Waals surface area contributed by atoms with Crippen molar-refractivity contribution in [1.29, 1.82) is 0 Å². The van der Waals surface area contributed by atoms with Crippen LogP contribution >= 0.6 is 15.9 Å². The van der Waals surface area contributed by atoms with E-state index in [1.165, 1.54) is 0 Å². The molecule has 100 valence electrons. The van der Waals surface area contributed by atoms with Gasteiger partial charge < -0.3 is 20.3 Å². The number of aliphatic carboxylic acids is 1. The Bertz CT molecular complexity index is 436. The summed E-state index contributed by atoms with van der Waals surface area (Å²) in [5.74, 6) is -1.07. The third-order valence-electron chi connectivity index (χ3n) is 2.62. The Morgan fingerprint density at radius 1 is 1.50 bits per heavy atom. The summed E-state index contributed by atoms with van der Waals surface area (Å²) in [7, 11) is 3.10. The maximum absolute atomic E-state index is 11.2. The third-order valence-corrected chi connectivity index (χ3v) is 3.24. The second-order valence-corrected chi connectivity index (χ2v) is 4.60. The average Bonchev–Trinajstić information content (AvgIpc) is 2.32. The molecule has 5 nitrogen and oxygen atoms in total. The Morgan fingerprint density at radius 3 is 2.61 bits per heavy atom. The summed E-state index contributed by atoms with van der Waals surface area (Å²) in [6.07, 6.45) is 0. The van der Waals surface area contributed by atoms with Crippen molar-refractivity contribution in [2.75, 3.05) is 20.8 Å². The summed E-state index contributed by atoms with van der Waals surface area (Å²) in [6, 6.07) is 3.48. The van der Waals surface area contributed by atoms with Crippen molar-refractivity contribution >= 4 is 21.9 Å². The van der Waals surface area contributed by atoms with E-state index in [0.717, 1.165) is 5.56 Å². The monoisotopic (exact) mass is 317 g/mol. The van der Waals surface area contributed by atoms with Crippen LogP contribution in [0.3, 0.4) is 0 Å². The standard InChI is InChI=1S/C12H16BrNO4/c1-17-6-7-3-11(18-2)10(13)4-8(7)9(5-14)12(15)16/h3-4,9H,5-6,14H2,1-2H3,(H,15,16). The minimum absolute atomic E-state index is 0.0326. The number of ether oxygens (including phenoxy) is 2. The molecule has 0 aliphatic carbocycles. The molecule has 0 aliphatic heterocycles. The topological polar surface area (TPSA) is 81.8 Å². The molecule has 1 aromatic rings. The molecule has 0 aliphatic rings. The fourth-order valence-corrected chi connectivity index (χ4v) is 2.26. The predicted octanol–water partition coefficient (Wildman–Crippen LogP) is 1.73. The fourth-order valence-electron chi connectivity index (χ4n) is 1.73. The van der Waals surface area contributed by atoms with Gasteiger partial charge in [-0.25, -0.2) is 0 Å². The number of carboxylic acids is 1. The van der Waals surface area contributed by atoms with Gasteiger partial charge in [0.1, 0.15) is 5.75 Å². The molecular weight excluding hydrogens is 302 g/mol. The lowest BCUT2D eigenvalue weighted by molar-refractivity contribution is -0.138. The van der Waals surface area contributed by atoms with Crippen molar-refractivity contribution in [2.24, 2.45) is 5.73 Å². The van der Waals surface area contributed by atoms with Crippen LogP contribution in [-0.2, 0) is 16.1 Å². The number of hydrogen-bond acceptors (Lipinski definition) is 4. The molecule has 0 heterocycles. The van der Waals surface area contributed by atoms with Gasteiger partial charge >= 0.3 is 5.97 Å². The van der Waals surface area contributed by atoms with Crippen LogP contribution in [-0.4, -0.2) is 31.8 Å². The van der Waals surface area contributed by atoms with Crippen LogP contribution in [0.5, 0.6) is 5.75 Å². The SMILES string of the molecule is COCc1cc(OC)c(Br)cc1C(CN)C(=O)O. The molecule has 0 saturated heterocycles. The molecule has 1 rings (SSSR count). The Hall–Kier alpha value is -1.11. The van der Waals surface area contributed by atoms with Crippen LogP contribution in [0.2, 0.25) is 0 Å². The van der Waals surface area contributed by atoms with Crippen LogP contribution in [0.15, 0.2) is 16.6 Å². The molecule has 1 aromatic carbocycles. The zero-order chi connectivity index (χ0) is 13.7. The van der Waals surface area contributed by atoms with Gasteiger partial charge in [-0.1, -0.05) is 0 Å². The van der Waals surface area contributed by atoms with E-state index in [9.17, 15) is 4.79 Å². The first-order valence-corrected chi connectivity index (χ1v) is 6.12. The number of benzene rings is 1. The molecule has 1 unspecified atom stereocenters. The quantitative estimate of drug-likeness (QED) is 0.835. The summed E-state index contributed by atoms with van der Waals surface area (Å²) >= 11 is 3.34. The van der Waals surface area contributed by atoms with Crippen LogP contribution in [0.1, 0.15) is 17.0 Å². The van der Waals surface area contributed by atoms with Crippen molar-refractivity contribution in [1.82, 2.24) is 0 Å². The number of halogens is 1. The van der Waals surface area contributed by atoms with Gasteiger partial charge in [0.25, 0.3) is 0 Å². The van der Waals surface area contributed by atoms with E-state index in [0.29, 0.717) is 22.4 Å². The van der Waals surface area contributed by atoms with E-state index >= 15 is 0 Å². The molecule has 0 radical (unpaired) electrons. The van der Waals surface area contributed by atoms with Gasteiger partial charge in [0.2, 0.25) is 0 Å². The predicted molar refractivity (Wildman–Crippen MR) is 70.8 cm³/mol. The number of nitrogens with two attached hydrogens (primary N) is 1. The molecule has 18 heavy (non-hydrogen) atoms. The number of methoxy groups -OCH3 is 2. The van der Waals surface area contributed by atoms with Crippen LogP contribution in [0.25, 0.3) is 0 Å². The molecule has 0 bridgehead atoms. The van der Waals surface area contributed by atoms with Crippen molar-refractivity contribution in [2.45, 2.75) is 12.5 Å². The van der Waals surface area contributed by atoms with Gasteiger partial charge in [-0.2, -0.15) is 0 Å². The second kappa shape index (κ2) is 6.72. The Morgan fingerprint density at radius 2 is 2.17 bits per heavy atom. The smallest absolute Gasteiger partial charge is 0.312 e. The van der Waals surface area contributed by atoms with E-state index in [2.05, 4.69) is 15.9 Å². The lowest BCUT2D eigenvalue weighted by Crippen LogP contribution is -2.22. The third kappa shape index (κ3) is 3.22. The summed E-state index contributed by atoms with van der Waals surface area (Å²) in [6.45, 7) is 0.341. The van der Waals surface area contributed by atoms with Crippen LogP contribution < -0.4 is 10.5 Å². The summed E-state index contributed by atoms with van der Waals surface area (Å²) in [5.41, 5.74) is 6.92. The molecule has 0 spiro atoms. The minimum Gasteiger partial charge on any atom is -0.496 e. The van der Waals surface area contributed by atoms with Gasteiger partial charge in [0, 0.05) is 13.7 Å². The van der Waals surface area contributed by atoms with Gasteiger partial charge in [-0.05, 0) is 39.2 Å². The van der Waals surface area contributed by atoms with E-state index < -0.39 is 11.9 Å². The zero-order valence-corrected chi connectivity index (χ0v) is 11.9. The number of carbonyl (C=O) groups is 1. The highest BCUT2D eigenvalue weighted by molar-refractivity contribution is 9.10. The van der Waals surface area contributed by atoms with E-state index in [1.807, 2.05) is 0 Å². The molecule has 3 N–H and O–H groups in total. The summed E-state index contributed by atoms with van der Waals surface area (Å²) < 4.78 is 11.0. The van der Waals surface area contributed by atoms with E-state index in [1.54, 1.807) is 26.4 Å². The van der Waals surface area contributed by atoms with Crippen molar-refractivity contribution in [3.8, 4) is 5.75 Å². The minimum atomic E-state index is -0.952. The van der Waals surface area contributed by atoms with Gasteiger partial charge in [0.05, 0.1) is 24.1 Å². The highest BCUT2D eigenvalue weighted by Gasteiger charge is 2.22. The normalized spacial score (nSPS) is 12.2. The molecule has 1 atom stereocenters. The van der Waals surface area contributed by atoms with Crippen molar-refractivity contribution in [3.05, 3.63) is 27.7 Å². The molecule has 6 heteroatoms. The molecule has 0 aromatic heterocycles. The molecule has 0 fully saturated rings.